The zero-order valence-corrected chi connectivity index (χ0v) is 16.7. The maximum absolute atomic E-state index is 17.1. The summed E-state index contributed by atoms with van der Waals surface area (Å²) in [6, 6.07) is 0. The fourth-order valence-corrected chi connectivity index (χ4v) is 8.14. The molecule has 29 heavy (non-hydrogen) atoms. The van der Waals surface area contributed by atoms with Crippen molar-refractivity contribution in [2.45, 2.75) is 87.6 Å². The van der Waals surface area contributed by atoms with Crippen LogP contribution in [0.15, 0.2) is 0 Å². The number of ether oxygens (including phenoxy) is 1. The number of ketones is 2. The van der Waals surface area contributed by atoms with E-state index in [1.54, 1.807) is 13.8 Å². The topological polar surface area (TPSA) is 128 Å². The summed E-state index contributed by atoms with van der Waals surface area (Å²) in [7, 11) is 0. The van der Waals surface area contributed by atoms with Gasteiger partial charge >= 0.3 is 0 Å². The number of hydrogen-bond donors (Lipinski definition) is 4. The fourth-order valence-electron chi connectivity index (χ4n) is 8.14. The number of rotatable bonds is 2. The molecule has 4 saturated carbocycles. The molecule has 1 heterocycles. The van der Waals surface area contributed by atoms with Crippen LogP contribution in [0.4, 0.5) is 4.39 Å². The minimum atomic E-state index is -2.23. The second-order valence-electron chi connectivity index (χ2n) is 10.4. The highest BCUT2D eigenvalue weighted by Crippen LogP contribution is 2.75. The van der Waals surface area contributed by atoms with Crippen LogP contribution in [0, 0.1) is 22.7 Å². The van der Waals surface area contributed by atoms with E-state index in [-0.39, 0.29) is 31.5 Å². The van der Waals surface area contributed by atoms with Gasteiger partial charge in [-0.3, -0.25) is 9.59 Å². The number of carbonyl (C=O) groups is 2. The molecule has 0 aromatic rings. The quantitative estimate of drug-likeness (QED) is 0.472. The van der Waals surface area contributed by atoms with Gasteiger partial charge in [0.05, 0.1) is 12.2 Å². The average molecular weight is 412 g/mol. The highest BCUT2D eigenvalue weighted by atomic mass is 19.1. The van der Waals surface area contributed by atoms with Crippen molar-refractivity contribution in [1.82, 2.24) is 0 Å². The van der Waals surface area contributed by atoms with Crippen LogP contribution < -0.4 is 0 Å². The fraction of sp³-hybridized carbons (Fsp3) is 0.905. The normalized spacial score (nSPS) is 60.7. The molecule has 5 fully saturated rings. The molecule has 0 radical (unpaired) electrons. The Bertz CT molecular complexity index is 804. The highest BCUT2D eigenvalue weighted by molar-refractivity contribution is 5.90. The molecule has 8 heteroatoms. The molecule has 1 aliphatic heterocycles. The van der Waals surface area contributed by atoms with Crippen LogP contribution >= 0.6 is 0 Å². The van der Waals surface area contributed by atoms with E-state index in [1.165, 1.54) is 0 Å². The third-order valence-electron chi connectivity index (χ3n) is 9.81. The summed E-state index contributed by atoms with van der Waals surface area (Å²) in [6.45, 7) is 2.43. The van der Waals surface area contributed by atoms with E-state index in [9.17, 15) is 30.0 Å². The number of aliphatic hydroxyl groups is 4. The third-order valence-corrected chi connectivity index (χ3v) is 9.81. The first-order chi connectivity index (χ1) is 13.4. The van der Waals surface area contributed by atoms with Gasteiger partial charge in [-0.1, -0.05) is 13.8 Å². The van der Waals surface area contributed by atoms with Gasteiger partial charge in [-0.2, -0.15) is 0 Å². The number of hydrogen-bond acceptors (Lipinski definition) is 7. The summed E-state index contributed by atoms with van der Waals surface area (Å²) >= 11 is 0. The zero-order chi connectivity index (χ0) is 21.2. The molecule has 0 bridgehead atoms. The van der Waals surface area contributed by atoms with E-state index in [0.29, 0.717) is 12.8 Å². The lowest BCUT2D eigenvalue weighted by Crippen LogP contribution is -2.73. The molecule has 0 aromatic heterocycles. The summed E-state index contributed by atoms with van der Waals surface area (Å²) in [5.74, 6) is -2.16. The molecule has 0 amide bonds. The monoisotopic (exact) mass is 412 g/mol. The van der Waals surface area contributed by atoms with E-state index >= 15 is 4.39 Å². The molecule has 1 saturated heterocycles. The van der Waals surface area contributed by atoms with Crippen LogP contribution in [0.5, 0.6) is 0 Å². The van der Waals surface area contributed by atoms with Crippen LogP contribution in [-0.4, -0.2) is 73.8 Å². The Morgan fingerprint density at radius 3 is 2.55 bits per heavy atom. The second-order valence-corrected chi connectivity index (χ2v) is 10.4. The van der Waals surface area contributed by atoms with E-state index in [2.05, 4.69) is 0 Å². The second kappa shape index (κ2) is 5.46. The van der Waals surface area contributed by atoms with Crippen molar-refractivity contribution in [3.05, 3.63) is 0 Å². The molecular formula is C21H29FO7. The Morgan fingerprint density at radius 1 is 1.21 bits per heavy atom. The molecule has 4 N–H and O–H groups in total. The van der Waals surface area contributed by atoms with Crippen molar-refractivity contribution in [2.24, 2.45) is 22.7 Å². The van der Waals surface area contributed by atoms with Crippen LogP contribution in [0.1, 0.15) is 52.4 Å². The van der Waals surface area contributed by atoms with E-state index in [0.717, 1.165) is 0 Å². The van der Waals surface area contributed by atoms with Gasteiger partial charge in [-0.15, -0.1) is 0 Å². The van der Waals surface area contributed by atoms with Crippen molar-refractivity contribution in [2.75, 3.05) is 6.61 Å². The number of halogens is 1. The Kier molecular flexibility index (Phi) is 3.76. The van der Waals surface area contributed by atoms with Gasteiger partial charge in [0.1, 0.15) is 24.0 Å². The SMILES string of the molecule is C[C@]12CCC(=O)C3O[C@@]31CC[C@H]1[C@@H]3C[C@@H](O)[C@](O)(C(=O)CO)[C@@]3(C)C[C@H](O)[C@@]12F. The maximum Gasteiger partial charge on any atom is 0.192 e. The Labute approximate surface area is 168 Å². The number of fused-ring (bicyclic) bond motifs is 4. The lowest BCUT2D eigenvalue weighted by atomic mass is 9.41. The molecular weight excluding hydrogens is 383 g/mol. The van der Waals surface area contributed by atoms with Gasteiger partial charge < -0.3 is 25.2 Å². The number of alkyl halides is 1. The lowest BCUT2D eigenvalue weighted by molar-refractivity contribution is -0.256. The predicted octanol–water partition coefficient (Wildman–Crippen LogP) is 0.0557. The van der Waals surface area contributed by atoms with Crippen LogP contribution in [0.3, 0.4) is 0 Å². The van der Waals surface area contributed by atoms with Crippen molar-refractivity contribution < 1.29 is 39.1 Å². The first-order valence-electron chi connectivity index (χ1n) is 10.6. The van der Waals surface area contributed by atoms with Crippen molar-refractivity contribution in [3.8, 4) is 0 Å². The molecule has 4 aliphatic carbocycles. The van der Waals surface area contributed by atoms with E-state index < -0.39 is 70.2 Å². The molecule has 5 rings (SSSR count). The number of Topliss-reactive ketones (excluding diaryl/α,β-unsaturated/α-hetero) is 2. The number of carbonyl (C=O) groups excluding carboxylic acids is 2. The average Bonchev–Trinajstić information content (AvgIpc) is 3.39. The number of epoxide rings is 1. The van der Waals surface area contributed by atoms with Gasteiger partial charge in [0, 0.05) is 17.3 Å². The van der Waals surface area contributed by atoms with Gasteiger partial charge in [0.2, 0.25) is 0 Å². The first-order valence-corrected chi connectivity index (χ1v) is 10.6. The summed E-state index contributed by atoms with van der Waals surface area (Å²) in [5, 5.41) is 42.4. The third kappa shape index (κ3) is 1.84. The van der Waals surface area contributed by atoms with Crippen molar-refractivity contribution >= 4 is 11.6 Å². The smallest absolute Gasteiger partial charge is 0.192 e. The molecule has 7 nitrogen and oxygen atoms in total. The van der Waals surface area contributed by atoms with Gasteiger partial charge in [0.15, 0.2) is 17.2 Å². The Balaban J connectivity index is 1.61. The summed E-state index contributed by atoms with van der Waals surface area (Å²) in [5.41, 5.74) is -7.50. The van der Waals surface area contributed by atoms with Crippen LogP contribution in [0.2, 0.25) is 0 Å². The highest BCUT2D eigenvalue weighted by Gasteiger charge is 2.85. The Morgan fingerprint density at radius 2 is 1.90 bits per heavy atom. The molecule has 10 atom stereocenters. The largest absolute Gasteiger partial charge is 0.390 e. The van der Waals surface area contributed by atoms with E-state index in [4.69, 9.17) is 4.74 Å². The standard InChI is InChI=1S/C21H29FO7/c1-17-8-14(26)20(22)10(11(17)7-13(25)21(17,28)15(27)9-23)3-6-19-16(29-19)12(24)4-5-18(19,20)2/h10-11,13-14,16,23,25-26,28H,3-9H2,1-2H3/t10-,11-,13+,14-,16?,17-,18-,19-,20-,21-/m0/s1. The summed E-state index contributed by atoms with van der Waals surface area (Å²) in [4.78, 5) is 24.7. The zero-order valence-electron chi connectivity index (χ0n) is 16.7. The molecule has 1 spiro atoms. The lowest BCUT2D eigenvalue weighted by Gasteiger charge is -2.64. The van der Waals surface area contributed by atoms with Crippen molar-refractivity contribution in [3.63, 3.8) is 0 Å². The molecule has 0 aromatic carbocycles. The van der Waals surface area contributed by atoms with Gasteiger partial charge in [-0.05, 0) is 43.9 Å². The minimum Gasteiger partial charge on any atom is -0.390 e. The minimum absolute atomic E-state index is 0.0149. The van der Waals surface area contributed by atoms with Gasteiger partial charge in [-0.25, -0.2) is 4.39 Å². The van der Waals surface area contributed by atoms with Gasteiger partial charge in [0.25, 0.3) is 0 Å². The number of aliphatic hydroxyl groups excluding tert-OH is 3. The van der Waals surface area contributed by atoms with Crippen molar-refractivity contribution in [1.29, 1.82) is 0 Å². The predicted molar refractivity (Wildman–Crippen MR) is 96.4 cm³/mol. The molecule has 5 aliphatic rings. The van der Waals surface area contributed by atoms with Crippen LogP contribution in [-0.2, 0) is 14.3 Å². The van der Waals surface area contributed by atoms with E-state index in [1.807, 2.05) is 0 Å². The summed E-state index contributed by atoms with van der Waals surface area (Å²) in [6.07, 6.45) is -2.45. The Hall–Kier alpha value is -0.930. The maximum atomic E-state index is 17.1. The molecule has 1 unspecified atom stereocenters. The first kappa shape index (κ1) is 20.0. The molecule has 162 valence electrons. The van der Waals surface area contributed by atoms with Crippen LogP contribution in [0.25, 0.3) is 0 Å². The summed E-state index contributed by atoms with van der Waals surface area (Å²) < 4.78 is 22.9.